The van der Waals surface area contributed by atoms with Crippen LogP contribution < -0.4 is 16.1 Å². The van der Waals surface area contributed by atoms with Gasteiger partial charge in [-0.05, 0) is 93.0 Å². The molecule has 362 valence electrons. The number of hydrazine groups is 1. The number of pyridine rings is 1. The number of cyclic esters (lactones) is 1. The molecular formula is C51H66N10O7. The second-order valence-electron chi connectivity index (χ2n) is 20.5. The third kappa shape index (κ3) is 7.99. The Morgan fingerprint density at radius 2 is 1.88 bits per heavy atom. The number of aryl methyl sites for hydroxylation is 1. The molecule has 5 amide bonds. The maximum Gasteiger partial charge on any atom is 0.324 e. The number of urea groups is 1. The Labute approximate surface area is 398 Å². The number of ether oxygens (including phenoxy) is 2. The Kier molecular flexibility index (Phi) is 12.4. The molecule has 0 saturated carbocycles. The van der Waals surface area contributed by atoms with E-state index in [1.807, 2.05) is 26.0 Å². The van der Waals surface area contributed by atoms with Crippen molar-refractivity contribution in [2.75, 3.05) is 47.1 Å². The molecule has 7 heterocycles. The fourth-order valence-electron chi connectivity index (χ4n) is 11.6. The van der Waals surface area contributed by atoms with Crippen molar-refractivity contribution in [1.82, 2.24) is 45.3 Å². The van der Waals surface area contributed by atoms with Gasteiger partial charge in [-0.1, -0.05) is 46.4 Å². The van der Waals surface area contributed by atoms with Crippen LogP contribution in [0, 0.1) is 11.3 Å². The lowest BCUT2D eigenvalue weighted by molar-refractivity contribution is -0.156. The maximum absolute atomic E-state index is 15.1. The standard InChI is InChI=1S/C51H66N10O7/c1-10-37(62)58-23-15-24-59(29-58)48(66)57(8)41(30(3)4)44(63)53-46-51(55-46)27-32-16-12-21-50(7,54-32)31-19-20-36-34(26-31)38-39(43(67-9)40-33(17-13-22-52-40)42(38)60(36)11-2)49(5,6)28-68-45(64)35-18-14-25-61(56-35)47(51)65/h10,12-13,16-17,19-20,22,26,30,35,39,41,43,46,55-56H,1,11,14-15,18,21,23-25,27-29H2,2-9H3,(H,53,63)/t35-,39?,41-,43-,46?,50?,51-/m0/s1. The van der Waals surface area contributed by atoms with Crippen molar-refractivity contribution in [2.45, 2.75) is 122 Å². The molecule has 2 aromatic heterocycles. The molecule has 17 nitrogen and oxygen atoms in total. The maximum atomic E-state index is 15.1. The number of amides is 5. The third-order valence-corrected chi connectivity index (χ3v) is 15.1. The average molecular weight is 931 g/mol. The van der Waals surface area contributed by atoms with Crippen LogP contribution in [0.1, 0.15) is 102 Å². The van der Waals surface area contributed by atoms with Gasteiger partial charge in [0.1, 0.15) is 29.9 Å². The molecule has 3 N–H and O–H groups in total. The highest BCUT2D eigenvalue weighted by molar-refractivity contribution is 6.04. The minimum atomic E-state index is -1.34. The Balaban J connectivity index is 1.09. The van der Waals surface area contributed by atoms with Crippen molar-refractivity contribution in [3.8, 4) is 11.3 Å². The van der Waals surface area contributed by atoms with Crippen molar-refractivity contribution in [1.29, 1.82) is 0 Å². The number of aliphatic imine (C=N–C) groups is 1. The first kappa shape index (κ1) is 47.2. The van der Waals surface area contributed by atoms with Gasteiger partial charge in [-0.25, -0.2) is 10.2 Å². The number of methoxy groups -OCH3 is 1. The molecule has 68 heavy (non-hydrogen) atoms. The zero-order valence-corrected chi connectivity index (χ0v) is 40.6. The van der Waals surface area contributed by atoms with E-state index in [1.165, 1.54) is 16.0 Å². The molecule has 3 unspecified atom stereocenters. The van der Waals surface area contributed by atoms with Crippen LogP contribution in [0.25, 0.3) is 22.2 Å². The first-order valence-electron chi connectivity index (χ1n) is 24.1. The van der Waals surface area contributed by atoms with E-state index >= 15 is 4.79 Å². The Morgan fingerprint density at radius 3 is 2.62 bits per heavy atom. The SMILES string of the molecule is C=CC(=O)N1CCCN(C(=O)N(C)[C@H](C(=O)NC2N[C@@]23CC2=NC(C)(CC=C2)c2ccc4c(c2)c2c(n4CC)-c4cccnc4[C@@H](OC)C2C(C)(C)COC(=O)[C@@H]2CCCN(N2)C3=O)C(C)C)C1. The number of nitrogens with zero attached hydrogens (tertiary/aromatic N) is 7. The van der Waals surface area contributed by atoms with Crippen molar-refractivity contribution in [3.63, 3.8) is 0 Å². The second-order valence-corrected chi connectivity index (χ2v) is 20.5. The predicted octanol–water partition coefficient (Wildman–Crippen LogP) is 5.13. The smallest absolute Gasteiger partial charge is 0.324 e. The first-order chi connectivity index (χ1) is 32.5. The molecule has 6 aliphatic rings. The molecule has 1 aromatic carbocycles. The summed E-state index contributed by atoms with van der Waals surface area (Å²) in [5.41, 5.74) is 7.34. The molecule has 3 aromatic rings. The summed E-state index contributed by atoms with van der Waals surface area (Å²) < 4.78 is 15.0. The third-order valence-electron chi connectivity index (χ3n) is 15.1. The number of likely N-dealkylation sites (N-methyl/N-ethyl adjacent to an activating group) is 1. The average Bonchev–Trinajstić information content (AvgIpc) is 3.91. The molecule has 3 fully saturated rings. The van der Waals surface area contributed by atoms with Gasteiger partial charge in [0.15, 0.2) is 0 Å². The number of rotatable bonds is 7. The van der Waals surface area contributed by atoms with Crippen LogP contribution in [0.5, 0.6) is 0 Å². The zero-order chi connectivity index (χ0) is 48.4. The number of allylic oxidation sites excluding steroid dienone is 1. The van der Waals surface area contributed by atoms with Gasteiger partial charge in [-0.15, -0.1) is 0 Å². The van der Waals surface area contributed by atoms with Crippen LogP contribution in [0.15, 0.2) is 66.3 Å². The topological polar surface area (TPSA) is 193 Å². The minimum Gasteiger partial charge on any atom is -0.464 e. The van der Waals surface area contributed by atoms with E-state index in [-0.39, 0.29) is 49.4 Å². The minimum absolute atomic E-state index is 0.0786. The van der Waals surface area contributed by atoms with E-state index in [0.29, 0.717) is 57.6 Å². The van der Waals surface area contributed by atoms with Crippen molar-refractivity contribution >= 4 is 46.3 Å². The van der Waals surface area contributed by atoms with Gasteiger partial charge in [-0.2, -0.15) is 0 Å². The van der Waals surface area contributed by atoms with E-state index in [2.05, 4.69) is 85.2 Å². The van der Waals surface area contributed by atoms with E-state index in [0.717, 1.165) is 39.0 Å². The fourth-order valence-corrected chi connectivity index (χ4v) is 11.6. The summed E-state index contributed by atoms with van der Waals surface area (Å²) in [5.74, 6) is -2.07. The van der Waals surface area contributed by atoms with Gasteiger partial charge in [0.25, 0.3) is 5.91 Å². The molecule has 5 aliphatic heterocycles. The number of esters is 1. The summed E-state index contributed by atoms with van der Waals surface area (Å²) in [4.78, 5) is 85.0. The predicted molar refractivity (Wildman–Crippen MR) is 257 cm³/mol. The van der Waals surface area contributed by atoms with Gasteiger partial charge < -0.3 is 34.1 Å². The number of carbonyl (C=O) groups excluding carboxylic acids is 5. The van der Waals surface area contributed by atoms with Crippen LogP contribution >= 0.6 is 0 Å². The number of nitrogens with one attached hydrogen (secondary N) is 3. The molecule has 0 radical (unpaired) electrons. The normalized spacial score (nSPS) is 28.1. The number of carbonyl (C=O) groups is 5. The van der Waals surface area contributed by atoms with Crippen LogP contribution in [-0.2, 0) is 40.7 Å². The molecule has 17 heteroatoms. The quantitative estimate of drug-likeness (QED) is 0.163. The summed E-state index contributed by atoms with van der Waals surface area (Å²) >= 11 is 0. The number of hydrogen-bond acceptors (Lipinski definition) is 11. The zero-order valence-electron chi connectivity index (χ0n) is 40.6. The highest BCUT2D eigenvalue weighted by Gasteiger charge is 2.63. The Bertz CT molecular complexity index is 2620. The van der Waals surface area contributed by atoms with Gasteiger partial charge in [0.2, 0.25) is 11.8 Å². The lowest BCUT2D eigenvalue weighted by Crippen LogP contribution is -2.60. The molecule has 3 saturated heterocycles. The van der Waals surface area contributed by atoms with Crippen molar-refractivity contribution in [2.24, 2.45) is 16.3 Å². The van der Waals surface area contributed by atoms with Crippen LogP contribution in [0.4, 0.5) is 4.79 Å². The van der Waals surface area contributed by atoms with E-state index in [9.17, 15) is 19.2 Å². The monoisotopic (exact) mass is 931 g/mol. The summed E-state index contributed by atoms with van der Waals surface area (Å²) in [6.07, 6.45) is 8.19. The van der Waals surface area contributed by atoms with E-state index in [4.69, 9.17) is 19.5 Å². The van der Waals surface area contributed by atoms with Crippen molar-refractivity contribution in [3.05, 3.63) is 78.2 Å². The van der Waals surface area contributed by atoms with Gasteiger partial charge in [0, 0.05) is 86.5 Å². The van der Waals surface area contributed by atoms with Gasteiger partial charge >= 0.3 is 12.0 Å². The first-order valence-corrected chi connectivity index (χ1v) is 24.1. The summed E-state index contributed by atoms with van der Waals surface area (Å²) in [6.45, 7) is 18.0. The molecule has 1 spiro atoms. The second kappa shape index (κ2) is 17.9. The highest BCUT2D eigenvalue weighted by atomic mass is 16.5. The molecular weight excluding hydrogens is 865 g/mol. The van der Waals surface area contributed by atoms with Crippen LogP contribution in [-0.4, -0.2) is 136 Å². The van der Waals surface area contributed by atoms with E-state index in [1.54, 1.807) is 30.2 Å². The summed E-state index contributed by atoms with van der Waals surface area (Å²) in [7, 11) is 3.31. The van der Waals surface area contributed by atoms with E-state index < -0.39 is 52.7 Å². The Hall–Kier alpha value is -5.91. The summed E-state index contributed by atoms with van der Waals surface area (Å²) in [5, 5.41) is 9.03. The van der Waals surface area contributed by atoms with Crippen molar-refractivity contribution < 1.29 is 33.4 Å². The molecule has 6 bridgehead atoms. The number of dihydropyridines is 1. The fraction of sp³-hybridized carbons (Fsp3) is 0.549. The number of hydrogen-bond donors (Lipinski definition) is 3. The molecule has 7 atom stereocenters. The highest BCUT2D eigenvalue weighted by Crippen LogP contribution is 2.57. The number of fused-ring (bicyclic) bond motifs is 7. The number of benzene rings is 1. The van der Waals surface area contributed by atoms with Gasteiger partial charge in [-0.3, -0.25) is 39.5 Å². The molecule has 1 aliphatic carbocycles. The van der Waals surface area contributed by atoms with Gasteiger partial charge in [0.05, 0.1) is 30.2 Å². The lowest BCUT2D eigenvalue weighted by atomic mass is 9.67. The summed E-state index contributed by atoms with van der Waals surface area (Å²) in [6, 6.07) is 8.58. The largest absolute Gasteiger partial charge is 0.464 e. The Morgan fingerprint density at radius 1 is 1.10 bits per heavy atom. The van der Waals surface area contributed by atoms with Crippen LogP contribution in [0.3, 0.4) is 0 Å². The molecule has 9 rings (SSSR count). The van der Waals surface area contributed by atoms with Crippen LogP contribution in [0.2, 0.25) is 0 Å². The lowest BCUT2D eigenvalue weighted by Gasteiger charge is -2.42. The number of aromatic nitrogens is 2.